The number of hydrogen-bond acceptors (Lipinski definition) is 5. The first-order chi connectivity index (χ1) is 10.4. The van der Waals surface area contributed by atoms with Crippen LogP contribution in [-0.4, -0.2) is 31.8 Å². The quantitative estimate of drug-likeness (QED) is 0.408. The number of benzene rings is 1. The highest BCUT2D eigenvalue weighted by Gasteiger charge is 2.47. The Morgan fingerprint density at radius 3 is 2.30 bits per heavy atom. The molecule has 23 heavy (non-hydrogen) atoms. The van der Waals surface area contributed by atoms with E-state index in [0.717, 1.165) is 6.07 Å². The number of hydrogen-bond donors (Lipinski definition) is 3. The van der Waals surface area contributed by atoms with Crippen LogP contribution in [-0.2, 0) is 14.6 Å². The van der Waals surface area contributed by atoms with Gasteiger partial charge < -0.3 is 5.32 Å². The number of rotatable bonds is 4. The number of nitrogens with one attached hydrogen (secondary N) is 2. The van der Waals surface area contributed by atoms with Gasteiger partial charge in [-0.1, -0.05) is 11.6 Å². The third kappa shape index (κ3) is 4.33. The third-order valence-corrected chi connectivity index (χ3v) is 4.32. The fourth-order valence-corrected chi connectivity index (χ4v) is 2.58. The second-order valence-corrected chi connectivity index (χ2v) is 6.71. The summed E-state index contributed by atoms with van der Waals surface area (Å²) < 4.78 is 60.4. The molecule has 7 nitrogen and oxygen atoms in total. The van der Waals surface area contributed by atoms with Crippen LogP contribution >= 0.6 is 11.6 Å². The van der Waals surface area contributed by atoms with Crippen LogP contribution in [0.2, 0.25) is 5.02 Å². The SMILES string of the molecule is CC(NC(=O)c1cc(Cl)cc(S(=O)(=O)C(F)(F)F)c1)C(=O)NN. The lowest BCUT2D eigenvalue weighted by atomic mass is 10.2. The fourth-order valence-electron chi connectivity index (χ4n) is 1.45. The van der Waals surface area contributed by atoms with Crippen molar-refractivity contribution in [1.29, 1.82) is 0 Å². The van der Waals surface area contributed by atoms with Crippen molar-refractivity contribution in [2.75, 3.05) is 0 Å². The van der Waals surface area contributed by atoms with Gasteiger partial charge in [-0.3, -0.25) is 15.0 Å². The molecule has 1 rings (SSSR count). The molecule has 0 aliphatic rings. The lowest BCUT2D eigenvalue weighted by Gasteiger charge is -2.13. The number of sulfone groups is 1. The molecule has 1 unspecified atom stereocenters. The Labute approximate surface area is 133 Å². The van der Waals surface area contributed by atoms with E-state index >= 15 is 0 Å². The molecule has 0 saturated carbocycles. The van der Waals surface area contributed by atoms with Crippen LogP contribution in [0.4, 0.5) is 13.2 Å². The predicted octanol–water partition coefficient (Wildman–Crippen LogP) is 0.742. The van der Waals surface area contributed by atoms with Crippen molar-refractivity contribution in [2.45, 2.75) is 23.4 Å². The number of amides is 2. The second-order valence-electron chi connectivity index (χ2n) is 4.33. The highest BCUT2D eigenvalue weighted by molar-refractivity contribution is 7.92. The number of hydrazine groups is 1. The molecule has 0 aromatic heterocycles. The molecule has 4 N–H and O–H groups in total. The van der Waals surface area contributed by atoms with E-state index in [4.69, 9.17) is 17.4 Å². The van der Waals surface area contributed by atoms with Crippen molar-refractivity contribution >= 4 is 33.3 Å². The predicted molar refractivity (Wildman–Crippen MR) is 74.0 cm³/mol. The Morgan fingerprint density at radius 1 is 1.26 bits per heavy atom. The van der Waals surface area contributed by atoms with Crippen LogP contribution < -0.4 is 16.6 Å². The van der Waals surface area contributed by atoms with Gasteiger partial charge in [0.05, 0.1) is 4.90 Å². The normalized spacial score (nSPS) is 13.3. The van der Waals surface area contributed by atoms with Gasteiger partial charge in [-0.05, 0) is 25.1 Å². The lowest BCUT2D eigenvalue weighted by Crippen LogP contribution is -2.47. The van der Waals surface area contributed by atoms with E-state index in [1.807, 2.05) is 0 Å². The summed E-state index contributed by atoms with van der Waals surface area (Å²) in [5, 5.41) is 1.73. The molecule has 1 aromatic carbocycles. The number of alkyl halides is 3. The van der Waals surface area contributed by atoms with Crippen molar-refractivity contribution in [3.05, 3.63) is 28.8 Å². The van der Waals surface area contributed by atoms with Crippen LogP contribution in [0.15, 0.2) is 23.1 Å². The summed E-state index contributed by atoms with van der Waals surface area (Å²) in [5.41, 5.74) is -4.24. The summed E-state index contributed by atoms with van der Waals surface area (Å²) in [6, 6.07) is 0.933. The van der Waals surface area contributed by atoms with Gasteiger partial charge in [-0.2, -0.15) is 13.2 Å². The third-order valence-electron chi connectivity index (χ3n) is 2.63. The molecule has 0 aliphatic carbocycles. The van der Waals surface area contributed by atoms with Crippen molar-refractivity contribution in [3.8, 4) is 0 Å². The summed E-state index contributed by atoms with van der Waals surface area (Å²) in [7, 11) is -5.67. The zero-order valence-electron chi connectivity index (χ0n) is 11.4. The Bertz CT molecular complexity index is 737. The van der Waals surface area contributed by atoms with Gasteiger partial charge in [-0.15, -0.1) is 0 Å². The van der Waals surface area contributed by atoms with E-state index in [-0.39, 0.29) is 0 Å². The Balaban J connectivity index is 3.22. The number of carbonyl (C=O) groups excluding carboxylic acids is 2. The standard InChI is InChI=1S/C11H11ClF3N3O4S/c1-5(9(19)18-16)17-10(20)6-2-7(12)4-8(3-6)23(21,22)11(13,14)15/h2-5H,16H2,1H3,(H,17,20)(H,18,19). The van der Waals surface area contributed by atoms with E-state index in [1.165, 1.54) is 6.92 Å². The molecule has 0 heterocycles. The maximum atomic E-state index is 12.5. The Kier molecular flexibility index (Phi) is 5.61. The van der Waals surface area contributed by atoms with Gasteiger partial charge in [0, 0.05) is 10.6 Å². The van der Waals surface area contributed by atoms with Gasteiger partial charge in [-0.25, -0.2) is 14.3 Å². The molecule has 1 aromatic rings. The summed E-state index contributed by atoms with van der Waals surface area (Å²) in [5.74, 6) is 3.11. The van der Waals surface area contributed by atoms with Crippen LogP contribution in [0.1, 0.15) is 17.3 Å². The Morgan fingerprint density at radius 2 is 1.83 bits per heavy atom. The number of nitrogens with two attached hydrogens (primary N) is 1. The molecule has 128 valence electrons. The van der Waals surface area contributed by atoms with E-state index in [9.17, 15) is 31.2 Å². The first-order valence-electron chi connectivity index (χ1n) is 5.83. The van der Waals surface area contributed by atoms with E-state index in [2.05, 4.69) is 5.32 Å². The average Bonchev–Trinajstić information content (AvgIpc) is 2.44. The molecule has 0 radical (unpaired) electrons. The van der Waals surface area contributed by atoms with Crippen LogP contribution in [0, 0.1) is 0 Å². The Hall–Kier alpha value is -1.85. The van der Waals surface area contributed by atoms with Gasteiger partial charge >= 0.3 is 5.51 Å². The molecule has 1 atom stereocenters. The summed E-state index contributed by atoms with van der Waals surface area (Å²) in [6.45, 7) is 1.26. The van der Waals surface area contributed by atoms with Crippen LogP contribution in [0.25, 0.3) is 0 Å². The minimum absolute atomic E-state index is 0.392. The molecule has 0 bridgehead atoms. The van der Waals surface area contributed by atoms with Gasteiger partial charge in [0.25, 0.3) is 21.7 Å². The molecule has 2 amide bonds. The molecule has 0 fully saturated rings. The van der Waals surface area contributed by atoms with Crippen LogP contribution in [0.3, 0.4) is 0 Å². The minimum atomic E-state index is -5.67. The zero-order chi connectivity index (χ0) is 18.0. The molecule has 0 saturated heterocycles. The topological polar surface area (TPSA) is 118 Å². The second kappa shape index (κ2) is 6.72. The van der Waals surface area contributed by atoms with Crippen molar-refractivity contribution in [1.82, 2.24) is 10.7 Å². The first-order valence-corrected chi connectivity index (χ1v) is 7.69. The average molecular weight is 374 g/mol. The monoisotopic (exact) mass is 373 g/mol. The maximum Gasteiger partial charge on any atom is 0.501 e. The zero-order valence-corrected chi connectivity index (χ0v) is 13.0. The number of halogens is 4. The van der Waals surface area contributed by atoms with Crippen LogP contribution in [0.5, 0.6) is 0 Å². The lowest BCUT2D eigenvalue weighted by molar-refractivity contribution is -0.122. The molecule has 0 spiro atoms. The minimum Gasteiger partial charge on any atom is -0.340 e. The molecular weight excluding hydrogens is 363 g/mol. The summed E-state index contributed by atoms with van der Waals surface area (Å²) >= 11 is 5.57. The first kappa shape index (κ1) is 19.2. The van der Waals surface area contributed by atoms with Gasteiger partial charge in [0.15, 0.2) is 0 Å². The molecular formula is C11H11ClF3N3O4S. The fraction of sp³-hybridized carbons (Fsp3) is 0.273. The van der Waals surface area contributed by atoms with E-state index in [0.29, 0.717) is 12.1 Å². The molecule has 12 heteroatoms. The summed E-state index contributed by atoms with van der Waals surface area (Å²) in [4.78, 5) is 21.9. The van der Waals surface area contributed by atoms with Crippen molar-refractivity contribution in [2.24, 2.45) is 5.84 Å². The number of carbonyl (C=O) groups is 2. The van der Waals surface area contributed by atoms with E-state index < -0.39 is 48.7 Å². The largest absolute Gasteiger partial charge is 0.501 e. The summed E-state index contributed by atoms with van der Waals surface area (Å²) in [6.07, 6.45) is 0. The molecule has 0 aliphatic heterocycles. The highest BCUT2D eigenvalue weighted by Crippen LogP contribution is 2.32. The van der Waals surface area contributed by atoms with Gasteiger partial charge in [0.2, 0.25) is 0 Å². The van der Waals surface area contributed by atoms with Gasteiger partial charge in [0.1, 0.15) is 6.04 Å². The maximum absolute atomic E-state index is 12.5. The smallest absolute Gasteiger partial charge is 0.340 e. The van der Waals surface area contributed by atoms with Crippen molar-refractivity contribution < 1.29 is 31.2 Å². The highest BCUT2D eigenvalue weighted by atomic mass is 35.5. The van der Waals surface area contributed by atoms with E-state index in [1.54, 1.807) is 5.43 Å². The van der Waals surface area contributed by atoms with Crippen molar-refractivity contribution in [3.63, 3.8) is 0 Å².